The van der Waals surface area contributed by atoms with Crippen LogP contribution in [0.15, 0.2) is 35.1 Å². The van der Waals surface area contributed by atoms with E-state index in [9.17, 15) is 41.0 Å². The molecule has 3 atom stereocenters. The van der Waals surface area contributed by atoms with E-state index in [-0.39, 0.29) is 36.2 Å². The largest absolute Gasteiger partial charge is 0.481 e. The minimum absolute atomic E-state index is 0.0996. The monoisotopic (exact) mass is 708 g/mol. The van der Waals surface area contributed by atoms with Crippen LogP contribution in [0.1, 0.15) is 81.9 Å². The number of carbonyl (C=O) groups excluding carboxylic acids is 1. The molecule has 2 fully saturated rings. The molecule has 0 spiro atoms. The van der Waals surface area contributed by atoms with Gasteiger partial charge < -0.3 is 19.6 Å². The number of benzene rings is 1. The number of alkyl halides is 6. The molecule has 4 rings (SSSR count). The molecule has 0 bridgehead atoms. The van der Waals surface area contributed by atoms with E-state index >= 15 is 0 Å². The van der Waals surface area contributed by atoms with Gasteiger partial charge in [0.1, 0.15) is 6.10 Å². The van der Waals surface area contributed by atoms with Gasteiger partial charge in [-0.15, -0.1) is 0 Å². The van der Waals surface area contributed by atoms with Crippen molar-refractivity contribution < 1.29 is 45.8 Å². The zero-order valence-corrected chi connectivity index (χ0v) is 26.3. The van der Waals surface area contributed by atoms with Crippen molar-refractivity contribution in [1.29, 1.82) is 0 Å². The molecular formula is C30H35BrF6N4O4. The Morgan fingerprint density at radius 1 is 0.933 bits per heavy atom. The molecule has 1 saturated heterocycles. The molecule has 1 amide bonds. The molecule has 1 aliphatic heterocycles. The number of likely N-dealkylation sites (tertiary alicyclic amines) is 1. The fourth-order valence-electron chi connectivity index (χ4n) is 6.28. The smallest absolute Gasteiger partial charge is 0.416 e. The Balaban J connectivity index is 1.62. The van der Waals surface area contributed by atoms with Gasteiger partial charge in [0.05, 0.1) is 21.5 Å². The second kappa shape index (κ2) is 14.1. The molecule has 0 unspecified atom stereocenters. The standard InChI is InChI=1S/C30H35BrF6N4O4/c1-3-22-12-24(13-23(4-2)41(22)28(44)45-25-7-5-18(6-8-25)26(42)43)40(27-38-14-21(31)15-39-27)16-17-9-19(29(32,33)34)11-20(10-17)30(35,36)37/h9-11,14-15,18,22-25H,3-8,12-13,16H2,1-2H3,(H,42,43)/t18?,22-,23+,24-,25?. The molecule has 1 aromatic carbocycles. The minimum Gasteiger partial charge on any atom is -0.481 e. The van der Waals surface area contributed by atoms with Crippen molar-refractivity contribution >= 4 is 33.9 Å². The van der Waals surface area contributed by atoms with E-state index in [1.54, 1.807) is 9.80 Å². The highest BCUT2D eigenvalue weighted by Gasteiger charge is 2.42. The van der Waals surface area contributed by atoms with Crippen molar-refractivity contribution in [2.45, 2.75) is 108 Å². The number of amides is 1. The number of aliphatic carboxylic acids is 1. The average Bonchev–Trinajstić information content (AvgIpc) is 2.98. The van der Waals surface area contributed by atoms with E-state index in [0.29, 0.717) is 68.0 Å². The Morgan fingerprint density at radius 2 is 1.44 bits per heavy atom. The van der Waals surface area contributed by atoms with E-state index in [1.807, 2.05) is 13.8 Å². The lowest BCUT2D eigenvalue weighted by Crippen LogP contribution is -2.57. The molecule has 2 heterocycles. The van der Waals surface area contributed by atoms with Crippen molar-refractivity contribution in [2.75, 3.05) is 4.90 Å². The topological polar surface area (TPSA) is 95.9 Å². The van der Waals surface area contributed by atoms with Gasteiger partial charge in [-0.25, -0.2) is 14.8 Å². The van der Waals surface area contributed by atoms with Gasteiger partial charge in [0, 0.05) is 37.1 Å². The summed E-state index contributed by atoms with van der Waals surface area (Å²) in [6.45, 7) is 3.45. The Labute approximate surface area is 265 Å². The van der Waals surface area contributed by atoms with Crippen molar-refractivity contribution in [3.05, 3.63) is 51.8 Å². The van der Waals surface area contributed by atoms with E-state index in [2.05, 4.69) is 25.9 Å². The Bertz CT molecular complexity index is 1290. The molecule has 1 aliphatic carbocycles. The van der Waals surface area contributed by atoms with Crippen molar-refractivity contribution in [3.63, 3.8) is 0 Å². The minimum atomic E-state index is -4.99. The number of piperidine rings is 1. The number of carbonyl (C=O) groups is 2. The number of hydrogen-bond donors (Lipinski definition) is 1. The van der Waals surface area contributed by atoms with Gasteiger partial charge in [0.2, 0.25) is 5.95 Å². The van der Waals surface area contributed by atoms with Gasteiger partial charge in [-0.3, -0.25) is 4.79 Å². The summed E-state index contributed by atoms with van der Waals surface area (Å²) in [6, 6.07) is 0.397. The van der Waals surface area contributed by atoms with Crippen LogP contribution < -0.4 is 4.90 Å². The molecule has 1 aromatic heterocycles. The zero-order chi connectivity index (χ0) is 33.1. The van der Waals surface area contributed by atoms with Crippen molar-refractivity contribution in [1.82, 2.24) is 14.9 Å². The van der Waals surface area contributed by atoms with E-state index < -0.39 is 53.6 Å². The van der Waals surface area contributed by atoms with Crippen LogP contribution in [0.3, 0.4) is 0 Å². The van der Waals surface area contributed by atoms with Crippen LogP contribution >= 0.6 is 15.9 Å². The van der Waals surface area contributed by atoms with Gasteiger partial charge in [-0.2, -0.15) is 26.3 Å². The molecule has 15 heteroatoms. The highest BCUT2D eigenvalue weighted by Crippen LogP contribution is 2.38. The number of hydrogen-bond acceptors (Lipinski definition) is 6. The van der Waals surface area contributed by atoms with Gasteiger partial charge in [0.25, 0.3) is 0 Å². The van der Waals surface area contributed by atoms with E-state index in [1.165, 1.54) is 12.4 Å². The molecule has 1 N–H and O–H groups in total. The number of anilines is 1. The van der Waals surface area contributed by atoms with Crippen LogP contribution in [0, 0.1) is 5.92 Å². The van der Waals surface area contributed by atoms with Crippen LogP contribution in [0.2, 0.25) is 0 Å². The average molecular weight is 710 g/mol. The summed E-state index contributed by atoms with van der Waals surface area (Å²) in [5, 5.41) is 9.27. The maximum absolute atomic E-state index is 13.6. The Kier molecular flexibility index (Phi) is 10.9. The lowest BCUT2D eigenvalue weighted by molar-refractivity contribution is -0.144. The first-order chi connectivity index (χ1) is 21.1. The zero-order valence-electron chi connectivity index (χ0n) is 24.7. The quantitative estimate of drug-likeness (QED) is 0.277. The van der Waals surface area contributed by atoms with Gasteiger partial charge in [-0.1, -0.05) is 13.8 Å². The highest BCUT2D eigenvalue weighted by atomic mass is 79.9. The molecule has 45 heavy (non-hydrogen) atoms. The van der Waals surface area contributed by atoms with E-state index in [0.717, 1.165) is 0 Å². The maximum atomic E-state index is 13.6. The highest BCUT2D eigenvalue weighted by molar-refractivity contribution is 9.10. The lowest BCUT2D eigenvalue weighted by atomic mass is 9.87. The predicted octanol–water partition coefficient (Wildman–Crippen LogP) is 8.08. The lowest BCUT2D eigenvalue weighted by Gasteiger charge is -2.47. The van der Waals surface area contributed by atoms with Crippen LogP contribution in [0.5, 0.6) is 0 Å². The molecule has 0 radical (unpaired) electrons. The second-order valence-electron chi connectivity index (χ2n) is 11.6. The third kappa shape index (κ3) is 8.59. The third-order valence-corrected chi connectivity index (χ3v) is 9.03. The molecule has 248 valence electrons. The summed E-state index contributed by atoms with van der Waals surface area (Å²) in [4.78, 5) is 36.7. The number of aromatic nitrogens is 2. The number of halogens is 7. The van der Waals surface area contributed by atoms with Gasteiger partial charge in [0.15, 0.2) is 0 Å². The second-order valence-corrected chi connectivity index (χ2v) is 12.5. The van der Waals surface area contributed by atoms with Crippen LogP contribution in [-0.4, -0.2) is 56.3 Å². The SMILES string of the molecule is CC[C@@H]1C[C@@H](N(Cc2cc(C(F)(F)F)cc(C(F)(F)F)c2)c2ncc(Br)cn2)C[C@H](CC)N1C(=O)OC1CCC(C(=O)O)CC1. The van der Waals surface area contributed by atoms with Crippen LogP contribution in [0.4, 0.5) is 37.1 Å². The number of carboxylic acid groups (broad SMARTS) is 1. The summed E-state index contributed by atoms with van der Waals surface area (Å²) in [5.74, 6) is -1.19. The van der Waals surface area contributed by atoms with Crippen LogP contribution in [0.25, 0.3) is 0 Å². The normalized spacial score (nSPS) is 24.3. The predicted molar refractivity (Wildman–Crippen MR) is 155 cm³/mol. The number of ether oxygens (including phenoxy) is 1. The first kappa shape index (κ1) is 34.8. The fourth-order valence-corrected chi connectivity index (χ4v) is 6.49. The summed E-state index contributed by atoms with van der Waals surface area (Å²) < 4.78 is 88.2. The molecule has 2 aliphatic rings. The molecule has 1 saturated carbocycles. The number of rotatable bonds is 8. The molecule has 8 nitrogen and oxygen atoms in total. The first-order valence-corrected chi connectivity index (χ1v) is 15.6. The molecule has 2 aromatic rings. The van der Waals surface area contributed by atoms with Crippen LogP contribution in [-0.2, 0) is 28.4 Å². The maximum Gasteiger partial charge on any atom is 0.416 e. The summed E-state index contributed by atoms with van der Waals surface area (Å²) in [6.07, 6.45) is -4.56. The van der Waals surface area contributed by atoms with Gasteiger partial charge >= 0.3 is 24.4 Å². The Morgan fingerprint density at radius 3 is 1.89 bits per heavy atom. The summed E-state index contributed by atoms with van der Waals surface area (Å²) in [7, 11) is 0. The summed E-state index contributed by atoms with van der Waals surface area (Å²) >= 11 is 3.26. The molecular weight excluding hydrogens is 674 g/mol. The first-order valence-electron chi connectivity index (χ1n) is 14.8. The fraction of sp³-hybridized carbons (Fsp3) is 0.600. The summed E-state index contributed by atoms with van der Waals surface area (Å²) in [5.41, 5.74) is -3.02. The third-order valence-electron chi connectivity index (χ3n) is 8.62. The van der Waals surface area contributed by atoms with E-state index in [4.69, 9.17) is 4.74 Å². The van der Waals surface area contributed by atoms with Crippen molar-refractivity contribution in [2.24, 2.45) is 5.92 Å². The number of carboxylic acids is 1. The Hall–Kier alpha value is -3.10. The van der Waals surface area contributed by atoms with Crippen molar-refractivity contribution in [3.8, 4) is 0 Å². The number of nitrogens with zero attached hydrogens (tertiary/aromatic N) is 4. The van der Waals surface area contributed by atoms with Gasteiger partial charge in [-0.05, 0) is 91.1 Å².